The Morgan fingerprint density at radius 2 is 1.61 bits per heavy atom. The van der Waals surface area contributed by atoms with E-state index in [1.807, 2.05) is 0 Å². The molecule has 2 aliphatic heterocycles. The highest BCUT2D eigenvalue weighted by Crippen LogP contribution is 2.27. The van der Waals surface area contributed by atoms with E-state index in [1.54, 1.807) is 0 Å². The molecule has 0 radical (unpaired) electrons. The van der Waals surface area contributed by atoms with E-state index in [-0.39, 0.29) is 0 Å². The average molecular weight is 338 g/mol. The molecule has 10 atom stereocenters. The molecule has 0 aromatic rings. The summed E-state index contributed by atoms with van der Waals surface area (Å²) < 4.78 is 15.5. The molecule has 0 spiro atoms. The van der Waals surface area contributed by atoms with Crippen LogP contribution in [0.3, 0.4) is 0 Å². The van der Waals surface area contributed by atoms with Gasteiger partial charge in [0.1, 0.15) is 24.4 Å². The van der Waals surface area contributed by atoms with Gasteiger partial charge in [0.05, 0.1) is 18.2 Å². The number of aliphatic hydroxyl groups is 4. The summed E-state index contributed by atoms with van der Waals surface area (Å²) in [7, 11) is 0. The van der Waals surface area contributed by atoms with Crippen LogP contribution in [-0.4, -0.2) is 92.8 Å². The Labute approximate surface area is 131 Å². The van der Waals surface area contributed by atoms with Crippen molar-refractivity contribution < 1.29 is 44.5 Å². The Hall–Kier alpha value is -0.890. The summed E-state index contributed by atoms with van der Waals surface area (Å²) in [5.41, 5.74) is 11.4. The quantitative estimate of drug-likeness (QED) is 0.262. The van der Waals surface area contributed by atoms with Gasteiger partial charge < -0.3 is 51.2 Å². The summed E-state index contributed by atoms with van der Waals surface area (Å²) >= 11 is 0. The van der Waals surface area contributed by atoms with Gasteiger partial charge in [0, 0.05) is 0 Å². The number of carboxylic acids is 1. The third kappa shape index (κ3) is 3.47. The van der Waals surface area contributed by atoms with Gasteiger partial charge in [-0.2, -0.15) is 0 Å². The number of nitrogens with two attached hydrogens (primary N) is 2. The predicted octanol–water partition coefficient (Wildman–Crippen LogP) is -4.34. The Kier molecular flexibility index (Phi) is 5.56. The first-order valence-corrected chi connectivity index (χ1v) is 7.07. The monoisotopic (exact) mass is 338 g/mol. The summed E-state index contributed by atoms with van der Waals surface area (Å²) in [6, 6.07) is -2.43. The smallest absolute Gasteiger partial charge is 0.335 e. The molecule has 11 heteroatoms. The van der Waals surface area contributed by atoms with E-state index in [2.05, 4.69) is 0 Å². The van der Waals surface area contributed by atoms with Gasteiger partial charge in [-0.3, -0.25) is 0 Å². The van der Waals surface area contributed by atoms with Crippen LogP contribution in [0, 0.1) is 0 Å². The molecule has 9 N–H and O–H groups in total. The van der Waals surface area contributed by atoms with E-state index < -0.39 is 67.3 Å². The molecule has 0 aliphatic carbocycles. The van der Waals surface area contributed by atoms with Gasteiger partial charge in [-0.05, 0) is 6.92 Å². The Balaban J connectivity index is 2.15. The number of rotatable bonds is 3. The van der Waals surface area contributed by atoms with Crippen molar-refractivity contribution in [1.82, 2.24) is 0 Å². The van der Waals surface area contributed by atoms with Crippen LogP contribution in [0.1, 0.15) is 6.92 Å². The van der Waals surface area contributed by atoms with Crippen molar-refractivity contribution in [3.05, 3.63) is 0 Å². The van der Waals surface area contributed by atoms with Gasteiger partial charge in [0.15, 0.2) is 18.7 Å². The van der Waals surface area contributed by atoms with Gasteiger partial charge in [-0.15, -0.1) is 0 Å². The molecule has 134 valence electrons. The zero-order valence-corrected chi connectivity index (χ0v) is 12.3. The summed E-state index contributed by atoms with van der Waals surface area (Å²) in [4.78, 5) is 11.1. The molecule has 0 aromatic heterocycles. The number of aliphatic hydroxyl groups excluding tert-OH is 4. The highest BCUT2D eigenvalue weighted by molar-refractivity contribution is 5.73. The molecule has 2 saturated heterocycles. The number of hydrogen-bond acceptors (Lipinski definition) is 10. The minimum Gasteiger partial charge on any atom is -0.479 e. The molecule has 2 aliphatic rings. The van der Waals surface area contributed by atoms with Gasteiger partial charge in [-0.25, -0.2) is 4.79 Å². The topological polar surface area (TPSA) is 198 Å². The predicted molar refractivity (Wildman–Crippen MR) is 71.7 cm³/mol. The molecule has 23 heavy (non-hydrogen) atoms. The SMILES string of the molecule is C[C@H]1OC(O)[C@H](N)[C@@H](O[C@H]2O[C@H](C(=O)O)[C@H](O)[C@H](O)[C@H]2N)[C@@H]1O. The maximum atomic E-state index is 11.1. The minimum atomic E-state index is -1.76. The molecular weight excluding hydrogens is 316 g/mol. The van der Waals surface area contributed by atoms with E-state index in [1.165, 1.54) is 6.92 Å². The maximum absolute atomic E-state index is 11.1. The van der Waals surface area contributed by atoms with Gasteiger partial charge in [0.25, 0.3) is 0 Å². The molecule has 0 amide bonds. The second-order valence-corrected chi connectivity index (χ2v) is 5.72. The fourth-order valence-electron chi connectivity index (χ4n) is 2.58. The largest absolute Gasteiger partial charge is 0.479 e. The van der Waals surface area contributed by atoms with E-state index in [4.69, 9.17) is 30.8 Å². The van der Waals surface area contributed by atoms with Gasteiger partial charge in [-0.1, -0.05) is 0 Å². The maximum Gasteiger partial charge on any atom is 0.335 e. The summed E-state index contributed by atoms with van der Waals surface area (Å²) in [6.45, 7) is 1.48. The standard InChI is InChI=1S/C12H22N2O9/c1-2-5(15)8(4(14)11(20)21-2)22-12-3(13)6(16)7(17)9(23-12)10(18)19/h2-9,11-12,15-17,20H,13-14H2,1H3,(H,18,19)/t2-,3-,4-,5-,6-,7-,8-,9+,11?,12+/m1/s1. The van der Waals surface area contributed by atoms with Gasteiger partial charge >= 0.3 is 5.97 Å². The molecule has 2 fully saturated rings. The van der Waals surface area contributed by atoms with Crippen molar-refractivity contribution in [3.8, 4) is 0 Å². The second-order valence-electron chi connectivity index (χ2n) is 5.72. The lowest BCUT2D eigenvalue weighted by atomic mass is 9.95. The van der Waals surface area contributed by atoms with E-state index in [0.717, 1.165) is 0 Å². The lowest BCUT2D eigenvalue weighted by Gasteiger charge is -2.45. The summed E-state index contributed by atoms with van der Waals surface area (Å²) in [6.07, 6.45) is -11.2. The van der Waals surface area contributed by atoms with Crippen molar-refractivity contribution in [1.29, 1.82) is 0 Å². The number of carbonyl (C=O) groups is 1. The molecule has 0 saturated carbocycles. The third-order valence-corrected chi connectivity index (χ3v) is 4.06. The Bertz CT molecular complexity index is 425. The van der Waals surface area contributed by atoms with E-state index in [9.17, 15) is 25.2 Å². The minimum absolute atomic E-state index is 0.805. The van der Waals surface area contributed by atoms with Crippen LogP contribution in [0.5, 0.6) is 0 Å². The van der Waals surface area contributed by atoms with Crippen LogP contribution in [0.15, 0.2) is 0 Å². The normalized spacial score (nSPS) is 51.4. The average Bonchev–Trinajstić information content (AvgIpc) is 2.49. The van der Waals surface area contributed by atoms with Crippen molar-refractivity contribution in [2.45, 2.75) is 68.2 Å². The fraction of sp³-hybridized carbons (Fsp3) is 0.917. The fourth-order valence-corrected chi connectivity index (χ4v) is 2.58. The Morgan fingerprint density at radius 1 is 1.00 bits per heavy atom. The van der Waals surface area contributed by atoms with Crippen LogP contribution >= 0.6 is 0 Å². The van der Waals surface area contributed by atoms with E-state index in [0.29, 0.717) is 0 Å². The van der Waals surface area contributed by atoms with E-state index >= 15 is 0 Å². The first kappa shape index (κ1) is 18.4. The first-order valence-electron chi connectivity index (χ1n) is 7.07. The van der Waals surface area contributed by atoms with Crippen molar-refractivity contribution in [3.63, 3.8) is 0 Å². The number of aliphatic carboxylic acids is 1. The van der Waals surface area contributed by atoms with Crippen LogP contribution in [0.2, 0.25) is 0 Å². The lowest BCUT2D eigenvalue weighted by molar-refractivity contribution is -0.311. The molecule has 0 aromatic carbocycles. The van der Waals surface area contributed by atoms with Crippen molar-refractivity contribution in [2.75, 3.05) is 0 Å². The molecule has 2 heterocycles. The highest BCUT2D eigenvalue weighted by Gasteiger charge is 2.50. The van der Waals surface area contributed by atoms with Gasteiger partial charge in [0.2, 0.25) is 0 Å². The summed E-state index contributed by atoms with van der Waals surface area (Å²) in [5, 5.41) is 48.2. The highest BCUT2D eigenvalue weighted by atomic mass is 16.7. The lowest BCUT2D eigenvalue weighted by Crippen LogP contribution is -2.67. The zero-order chi connectivity index (χ0) is 17.5. The molecule has 2 rings (SSSR count). The van der Waals surface area contributed by atoms with Crippen LogP contribution in [-0.2, 0) is 19.0 Å². The van der Waals surface area contributed by atoms with Crippen LogP contribution in [0.4, 0.5) is 0 Å². The van der Waals surface area contributed by atoms with Crippen molar-refractivity contribution in [2.24, 2.45) is 11.5 Å². The molecular formula is C12H22N2O9. The number of hydrogen-bond donors (Lipinski definition) is 7. The second kappa shape index (κ2) is 6.93. The molecule has 1 unspecified atom stereocenters. The number of ether oxygens (including phenoxy) is 3. The van der Waals surface area contributed by atoms with Crippen molar-refractivity contribution >= 4 is 5.97 Å². The molecule has 11 nitrogen and oxygen atoms in total. The summed E-state index contributed by atoms with van der Waals surface area (Å²) in [5.74, 6) is -1.51. The zero-order valence-electron chi connectivity index (χ0n) is 12.3. The van der Waals surface area contributed by atoms with Crippen LogP contribution in [0.25, 0.3) is 0 Å². The first-order chi connectivity index (χ1) is 10.6. The Morgan fingerprint density at radius 3 is 2.17 bits per heavy atom. The molecule has 0 bridgehead atoms. The number of carboxylic acid groups (broad SMARTS) is 1. The third-order valence-electron chi connectivity index (χ3n) is 4.06. The van der Waals surface area contributed by atoms with Crippen LogP contribution < -0.4 is 11.5 Å².